The SMILES string of the molecule is Cn1cnc2c(Nc3cccc(Br)c3)ncc(C(=O)[O-])c21.[Na+]. The Bertz CT molecular complexity index is 850. The van der Waals surface area contributed by atoms with Crippen LogP contribution in [0.3, 0.4) is 0 Å². The molecular formula is C14H10BrN4NaO2. The third-order valence-electron chi connectivity index (χ3n) is 3.05. The standard InChI is InChI=1S/C14H11BrN4O2.Na/c1-19-7-17-11-12(19)10(14(20)21)6-16-13(11)18-9-4-2-3-8(15)5-9;/h2-7H,1H3,(H,16,18)(H,20,21);/q;+1/p-1. The van der Waals surface area contributed by atoms with Crippen LogP contribution in [0.15, 0.2) is 41.3 Å². The van der Waals surface area contributed by atoms with Crippen LogP contribution in [0, 0.1) is 0 Å². The van der Waals surface area contributed by atoms with Crippen LogP contribution in [0.25, 0.3) is 11.0 Å². The molecule has 0 amide bonds. The van der Waals surface area contributed by atoms with E-state index < -0.39 is 5.97 Å². The maximum Gasteiger partial charge on any atom is 1.00 e. The van der Waals surface area contributed by atoms with Gasteiger partial charge < -0.3 is 19.8 Å². The van der Waals surface area contributed by atoms with Crippen LogP contribution in [0.2, 0.25) is 0 Å². The molecule has 0 radical (unpaired) electrons. The Morgan fingerprint density at radius 2 is 2.14 bits per heavy atom. The van der Waals surface area contributed by atoms with Crippen LogP contribution in [-0.2, 0) is 7.05 Å². The van der Waals surface area contributed by atoms with Crippen molar-refractivity contribution in [2.45, 2.75) is 0 Å². The second-order valence-corrected chi connectivity index (χ2v) is 5.41. The van der Waals surface area contributed by atoms with E-state index >= 15 is 0 Å². The van der Waals surface area contributed by atoms with Gasteiger partial charge in [0.05, 0.1) is 17.8 Å². The molecular weight excluding hydrogens is 359 g/mol. The number of nitrogens with zero attached hydrogens (tertiary/aromatic N) is 3. The summed E-state index contributed by atoms with van der Waals surface area (Å²) in [5, 5.41) is 14.3. The minimum atomic E-state index is -1.27. The zero-order valence-corrected chi connectivity index (χ0v) is 15.6. The molecule has 8 heteroatoms. The molecule has 3 aromatic rings. The van der Waals surface area contributed by atoms with Crippen molar-refractivity contribution in [3.63, 3.8) is 0 Å². The zero-order chi connectivity index (χ0) is 15.0. The maximum absolute atomic E-state index is 11.2. The molecule has 0 aliphatic rings. The minimum absolute atomic E-state index is 0. The minimum Gasteiger partial charge on any atom is -0.545 e. The van der Waals surface area contributed by atoms with Crippen LogP contribution in [-0.4, -0.2) is 20.5 Å². The number of pyridine rings is 1. The third kappa shape index (κ3) is 3.17. The average Bonchev–Trinajstić information content (AvgIpc) is 2.82. The van der Waals surface area contributed by atoms with E-state index in [0.29, 0.717) is 16.9 Å². The van der Waals surface area contributed by atoms with Crippen LogP contribution < -0.4 is 40.0 Å². The quantitative estimate of drug-likeness (QED) is 0.590. The van der Waals surface area contributed by atoms with Gasteiger partial charge in [0.1, 0.15) is 5.52 Å². The van der Waals surface area contributed by atoms with Gasteiger partial charge in [-0.25, -0.2) is 9.97 Å². The number of anilines is 2. The van der Waals surface area contributed by atoms with E-state index in [9.17, 15) is 9.90 Å². The number of benzene rings is 1. The van der Waals surface area contributed by atoms with Crippen molar-refractivity contribution in [3.8, 4) is 0 Å². The molecule has 0 saturated heterocycles. The van der Waals surface area contributed by atoms with Gasteiger partial charge in [0.25, 0.3) is 0 Å². The van der Waals surface area contributed by atoms with Crippen LogP contribution in [0.4, 0.5) is 11.5 Å². The van der Waals surface area contributed by atoms with Gasteiger partial charge in [0.2, 0.25) is 0 Å². The number of aromatic carboxylic acids is 1. The summed E-state index contributed by atoms with van der Waals surface area (Å²) in [7, 11) is 1.73. The molecule has 2 aromatic heterocycles. The smallest absolute Gasteiger partial charge is 0.545 e. The normalized spacial score (nSPS) is 10.3. The van der Waals surface area contributed by atoms with E-state index in [0.717, 1.165) is 10.2 Å². The Labute approximate surface area is 157 Å². The Morgan fingerprint density at radius 1 is 1.36 bits per heavy atom. The van der Waals surface area contributed by atoms with Crippen molar-refractivity contribution < 1.29 is 39.5 Å². The van der Waals surface area contributed by atoms with Gasteiger partial charge in [-0.3, -0.25) is 0 Å². The second-order valence-electron chi connectivity index (χ2n) is 4.50. The summed E-state index contributed by atoms with van der Waals surface area (Å²) in [5.74, 6) is -0.779. The van der Waals surface area contributed by atoms with Crippen molar-refractivity contribution in [2.75, 3.05) is 5.32 Å². The Kier molecular flexibility index (Phi) is 5.23. The van der Waals surface area contributed by atoms with Crippen LogP contribution in [0.1, 0.15) is 10.4 Å². The van der Waals surface area contributed by atoms with Gasteiger partial charge in [-0.1, -0.05) is 22.0 Å². The molecule has 0 saturated carbocycles. The fourth-order valence-corrected chi connectivity index (χ4v) is 2.52. The van der Waals surface area contributed by atoms with Crippen molar-refractivity contribution >= 4 is 44.4 Å². The molecule has 0 atom stereocenters. The number of carboxylic acids is 1. The number of fused-ring (bicyclic) bond motifs is 1. The van der Waals surface area contributed by atoms with E-state index in [-0.39, 0.29) is 35.1 Å². The monoisotopic (exact) mass is 368 g/mol. The number of aryl methyl sites for hydroxylation is 1. The first-order valence-electron chi connectivity index (χ1n) is 6.10. The first kappa shape index (κ1) is 17.0. The summed E-state index contributed by atoms with van der Waals surface area (Å²) in [5.41, 5.74) is 1.80. The van der Waals surface area contributed by atoms with Gasteiger partial charge in [0.15, 0.2) is 5.82 Å². The number of aromatic nitrogens is 3. The molecule has 0 unspecified atom stereocenters. The topological polar surface area (TPSA) is 82.9 Å². The molecule has 6 nitrogen and oxygen atoms in total. The number of halogens is 1. The number of carboxylic acid groups (broad SMARTS) is 1. The largest absolute Gasteiger partial charge is 1.00 e. The van der Waals surface area contributed by atoms with Crippen LogP contribution >= 0.6 is 15.9 Å². The molecule has 0 aliphatic carbocycles. The van der Waals surface area contributed by atoms with Gasteiger partial charge in [0, 0.05) is 29.0 Å². The Balaban J connectivity index is 0.00000176. The number of hydrogen-bond acceptors (Lipinski definition) is 5. The molecule has 0 fully saturated rings. The predicted octanol–water partition coefficient (Wildman–Crippen LogP) is -1.16. The summed E-state index contributed by atoms with van der Waals surface area (Å²) in [6.07, 6.45) is 2.82. The zero-order valence-electron chi connectivity index (χ0n) is 12.0. The van der Waals surface area contributed by atoms with Crippen molar-refractivity contribution in [3.05, 3.63) is 46.8 Å². The summed E-state index contributed by atoms with van der Waals surface area (Å²) in [6.45, 7) is 0. The maximum atomic E-state index is 11.2. The fraction of sp³-hybridized carbons (Fsp3) is 0.0714. The van der Waals surface area contributed by atoms with E-state index in [2.05, 4.69) is 31.2 Å². The molecule has 106 valence electrons. The van der Waals surface area contributed by atoms with E-state index in [1.165, 1.54) is 6.20 Å². The summed E-state index contributed by atoms with van der Waals surface area (Å²) in [6, 6.07) is 7.57. The van der Waals surface area contributed by atoms with Gasteiger partial charge in [-0.2, -0.15) is 0 Å². The number of nitrogens with one attached hydrogen (secondary N) is 1. The summed E-state index contributed by atoms with van der Waals surface area (Å²) < 4.78 is 2.56. The van der Waals surface area contributed by atoms with Gasteiger partial charge in [-0.05, 0) is 18.2 Å². The number of rotatable bonds is 3. The molecule has 1 N–H and O–H groups in total. The fourth-order valence-electron chi connectivity index (χ4n) is 2.12. The molecule has 1 aromatic carbocycles. The van der Waals surface area contributed by atoms with Crippen LogP contribution in [0.5, 0.6) is 0 Å². The average molecular weight is 369 g/mol. The Hall–Kier alpha value is -1.41. The van der Waals surface area contributed by atoms with Crippen molar-refractivity contribution in [1.82, 2.24) is 14.5 Å². The summed E-state index contributed by atoms with van der Waals surface area (Å²) in [4.78, 5) is 19.5. The Morgan fingerprint density at radius 3 is 2.82 bits per heavy atom. The first-order chi connectivity index (χ1) is 10.1. The number of carbonyl (C=O) groups is 1. The summed E-state index contributed by atoms with van der Waals surface area (Å²) >= 11 is 3.39. The van der Waals surface area contributed by atoms with Crippen molar-refractivity contribution in [1.29, 1.82) is 0 Å². The van der Waals surface area contributed by atoms with Crippen molar-refractivity contribution in [2.24, 2.45) is 7.05 Å². The van der Waals surface area contributed by atoms with E-state index in [1.807, 2.05) is 24.3 Å². The molecule has 3 rings (SSSR count). The number of imidazole rings is 1. The third-order valence-corrected chi connectivity index (χ3v) is 3.54. The van der Waals surface area contributed by atoms with Gasteiger partial charge >= 0.3 is 29.6 Å². The molecule has 2 heterocycles. The first-order valence-corrected chi connectivity index (χ1v) is 6.89. The van der Waals surface area contributed by atoms with E-state index in [1.54, 1.807) is 17.9 Å². The molecule has 0 spiro atoms. The van der Waals surface area contributed by atoms with Gasteiger partial charge in [-0.15, -0.1) is 0 Å². The number of hydrogen-bond donors (Lipinski definition) is 1. The molecule has 22 heavy (non-hydrogen) atoms. The molecule has 0 aliphatic heterocycles. The molecule has 0 bridgehead atoms. The predicted molar refractivity (Wildman–Crippen MR) is 80.3 cm³/mol. The second kappa shape index (κ2) is 6.78. The van der Waals surface area contributed by atoms with E-state index in [4.69, 9.17) is 0 Å². The number of carbonyl (C=O) groups excluding carboxylic acids is 1.